The molecule has 1 aromatic heterocycles. The van der Waals surface area contributed by atoms with E-state index in [1.807, 2.05) is 65.6 Å². The zero-order chi connectivity index (χ0) is 21.0. The summed E-state index contributed by atoms with van der Waals surface area (Å²) in [6.45, 7) is 1.31. The highest BCUT2D eigenvalue weighted by Crippen LogP contribution is 2.44. The van der Waals surface area contributed by atoms with Crippen molar-refractivity contribution in [3.05, 3.63) is 95.2 Å². The number of fused-ring (bicyclic) bond motifs is 4. The lowest BCUT2D eigenvalue weighted by Gasteiger charge is -2.33. The van der Waals surface area contributed by atoms with E-state index in [1.165, 1.54) is 0 Å². The average Bonchev–Trinajstić information content (AvgIpc) is 3.49. The Bertz CT molecular complexity index is 1360. The second-order valence-corrected chi connectivity index (χ2v) is 7.70. The van der Waals surface area contributed by atoms with Crippen LogP contribution in [-0.2, 0) is 5.66 Å². The van der Waals surface area contributed by atoms with Gasteiger partial charge in [0.05, 0.1) is 5.39 Å². The largest absolute Gasteiger partial charge is 0.350 e. The van der Waals surface area contributed by atoms with Crippen molar-refractivity contribution in [2.45, 2.75) is 5.66 Å². The SMILES string of the molecule is O=C(Nc1cccc(C23NCCN2C(=O)c2ccccc23)c1)c1onc2ccccc12. The minimum atomic E-state index is -0.729. The van der Waals surface area contributed by atoms with Crippen LogP contribution in [0.5, 0.6) is 0 Å². The van der Waals surface area contributed by atoms with Crippen LogP contribution in [0.4, 0.5) is 5.69 Å². The summed E-state index contributed by atoms with van der Waals surface area (Å²) in [6.07, 6.45) is 0. The Morgan fingerprint density at radius 3 is 2.84 bits per heavy atom. The molecule has 4 aromatic rings. The average molecular weight is 410 g/mol. The van der Waals surface area contributed by atoms with Crippen LogP contribution in [0.25, 0.3) is 10.9 Å². The molecule has 0 radical (unpaired) electrons. The van der Waals surface area contributed by atoms with Gasteiger partial charge >= 0.3 is 0 Å². The lowest BCUT2D eigenvalue weighted by molar-refractivity contribution is 0.0694. The Morgan fingerprint density at radius 2 is 1.90 bits per heavy atom. The molecule has 0 aliphatic carbocycles. The maximum absolute atomic E-state index is 13.0. The minimum Gasteiger partial charge on any atom is -0.350 e. The van der Waals surface area contributed by atoms with Gasteiger partial charge in [0.1, 0.15) is 11.2 Å². The quantitative estimate of drug-likeness (QED) is 0.541. The summed E-state index contributed by atoms with van der Waals surface area (Å²) in [6, 6.07) is 22.5. The van der Waals surface area contributed by atoms with Crippen LogP contribution in [0.15, 0.2) is 77.3 Å². The third-order valence-corrected chi connectivity index (χ3v) is 6.04. The molecule has 1 atom stereocenters. The van der Waals surface area contributed by atoms with Crippen LogP contribution in [0, 0.1) is 0 Å². The van der Waals surface area contributed by atoms with Gasteiger partial charge in [-0.15, -0.1) is 0 Å². The number of hydrogen-bond donors (Lipinski definition) is 2. The van der Waals surface area contributed by atoms with Gasteiger partial charge in [0.25, 0.3) is 11.8 Å². The normalized spacial score (nSPS) is 19.5. The highest BCUT2D eigenvalue weighted by Gasteiger charge is 2.53. The molecule has 1 unspecified atom stereocenters. The number of nitrogens with one attached hydrogen (secondary N) is 2. The summed E-state index contributed by atoms with van der Waals surface area (Å²) < 4.78 is 5.28. The Balaban J connectivity index is 1.39. The molecule has 2 N–H and O–H groups in total. The number of carbonyl (C=O) groups excluding carboxylic acids is 2. The molecule has 3 heterocycles. The fourth-order valence-electron chi connectivity index (χ4n) is 4.71. The first kappa shape index (κ1) is 17.9. The number of rotatable bonds is 3. The molecule has 2 aliphatic heterocycles. The molecule has 1 saturated heterocycles. The number of hydrogen-bond acceptors (Lipinski definition) is 5. The van der Waals surface area contributed by atoms with E-state index in [9.17, 15) is 9.59 Å². The van der Waals surface area contributed by atoms with Crippen molar-refractivity contribution in [2.24, 2.45) is 0 Å². The van der Waals surface area contributed by atoms with Crippen molar-refractivity contribution in [1.82, 2.24) is 15.4 Å². The Hall–Kier alpha value is -3.97. The second-order valence-electron chi connectivity index (χ2n) is 7.70. The lowest BCUT2D eigenvalue weighted by Crippen LogP contribution is -2.46. The maximum Gasteiger partial charge on any atom is 0.294 e. The predicted molar refractivity (Wildman–Crippen MR) is 115 cm³/mol. The predicted octanol–water partition coefficient (Wildman–Crippen LogP) is 3.34. The summed E-state index contributed by atoms with van der Waals surface area (Å²) in [5, 5.41) is 11.0. The van der Waals surface area contributed by atoms with Gasteiger partial charge in [-0.2, -0.15) is 0 Å². The summed E-state index contributed by atoms with van der Waals surface area (Å²) in [4.78, 5) is 27.7. The number of aromatic nitrogens is 1. The van der Waals surface area contributed by atoms with Crippen molar-refractivity contribution in [3.8, 4) is 0 Å². The highest BCUT2D eigenvalue weighted by molar-refractivity contribution is 6.10. The first-order valence-corrected chi connectivity index (χ1v) is 10.1. The molecule has 152 valence electrons. The van der Waals surface area contributed by atoms with E-state index in [2.05, 4.69) is 15.8 Å². The van der Waals surface area contributed by atoms with Crippen LogP contribution in [0.3, 0.4) is 0 Å². The summed E-state index contributed by atoms with van der Waals surface area (Å²) in [5.41, 5.74) is 3.05. The molecule has 1 fully saturated rings. The highest BCUT2D eigenvalue weighted by atomic mass is 16.5. The first-order chi connectivity index (χ1) is 15.2. The van der Waals surface area contributed by atoms with Gasteiger partial charge in [0.2, 0.25) is 5.76 Å². The molecule has 0 saturated carbocycles. The van der Waals surface area contributed by atoms with Gasteiger partial charge in [-0.3, -0.25) is 14.9 Å². The van der Waals surface area contributed by atoms with Gasteiger partial charge in [-0.25, -0.2) is 0 Å². The van der Waals surface area contributed by atoms with Crippen LogP contribution < -0.4 is 10.6 Å². The summed E-state index contributed by atoms with van der Waals surface area (Å²) in [5.74, 6) is -0.188. The third-order valence-electron chi connectivity index (χ3n) is 6.04. The fourth-order valence-corrected chi connectivity index (χ4v) is 4.71. The smallest absolute Gasteiger partial charge is 0.294 e. The van der Waals surface area contributed by atoms with Crippen molar-refractivity contribution in [2.75, 3.05) is 18.4 Å². The zero-order valence-electron chi connectivity index (χ0n) is 16.5. The second kappa shape index (κ2) is 6.52. The van der Waals surface area contributed by atoms with Gasteiger partial charge in [-0.05, 0) is 35.9 Å². The molecule has 31 heavy (non-hydrogen) atoms. The van der Waals surface area contributed by atoms with E-state index in [0.717, 1.165) is 11.1 Å². The molecule has 6 rings (SSSR count). The first-order valence-electron chi connectivity index (χ1n) is 10.1. The minimum absolute atomic E-state index is 0.0168. The molecule has 2 amide bonds. The summed E-state index contributed by atoms with van der Waals surface area (Å²) in [7, 11) is 0. The third kappa shape index (κ3) is 2.47. The number of carbonyl (C=O) groups is 2. The van der Waals surface area contributed by atoms with Crippen molar-refractivity contribution >= 4 is 28.4 Å². The topological polar surface area (TPSA) is 87.5 Å². The van der Waals surface area contributed by atoms with Crippen molar-refractivity contribution in [1.29, 1.82) is 0 Å². The Morgan fingerprint density at radius 1 is 1.06 bits per heavy atom. The van der Waals surface area contributed by atoms with E-state index in [4.69, 9.17) is 4.52 Å². The standard InChI is InChI=1S/C24H18N4O3/c29-22(21-18-9-2-4-11-20(18)27-31-21)26-16-7-5-6-15(14-16)24-19-10-3-1-8-17(19)23(30)28(24)13-12-25-24/h1-11,14,25H,12-13H2,(H,26,29). The monoisotopic (exact) mass is 410 g/mol. The molecule has 7 heteroatoms. The van der Waals surface area contributed by atoms with E-state index in [1.54, 1.807) is 12.1 Å². The lowest BCUT2D eigenvalue weighted by atomic mass is 9.91. The Kier molecular flexibility index (Phi) is 3.75. The fraction of sp³-hybridized carbons (Fsp3) is 0.125. The van der Waals surface area contributed by atoms with E-state index in [0.29, 0.717) is 35.2 Å². The molecular formula is C24H18N4O3. The van der Waals surface area contributed by atoms with Gasteiger partial charge in [0.15, 0.2) is 0 Å². The van der Waals surface area contributed by atoms with Crippen LogP contribution in [0.1, 0.15) is 32.0 Å². The molecule has 0 bridgehead atoms. The van der Waals surface area contributed by atoms with Gasteiger partial charge < -0.3 is 14.7 Å². The summed E-state index contributed by atoms with van der Waals surface area (Å²) >= 11 is 0. The van der Waals surface area contributed by atoms with Gasteiger partial charge in [-0.1, -0.05) is 47.6 Å². The van der Waals surface area contributed by atoms with Crippen LogP contribution in [0.2, 0.25) is 0 Å². The molecule has 0 spiro atoms. The molecule has 2 aliphatic rings. The van der Waals surface area contributed by atoms with Crippen molar-refractivity contribution < 1.29 is 14.1 Å². The van der Waals surface area contributed by atoms with Gasteiger partial charge in [0, 0.05) is 29.9 Å². The van der Waals surface area contributed by atoms with Crippen molar-refractivity contribution in [3.63, 3.8) is 0 Å². The van der Waals surface area contributed by atoms with Crippen LogP contribution in [-0.4, -0.2) is 35.0 Å². The number of amides is 2. The number of nitrogens with zero attached hydrogens (tertiary/aromatic N) is 2. The number of benzene rings is 3. The molecular weight excluding hydrogens is 392 g/mol. The molecule has 7 nitrogen and oxygen atoms in total. The van der Waals surface area contributed by atoms with E-state index < -0.39 is 5.66 Å². The number of anilines is 1. The molecule has 3 aromatic carbocycles. The van der Waals surface area contributed by atoms with Crippen LogP contribution >= 0.6 is 0 Å². The zero-order valence-corrected chi connectivity index (χ0v) is 16.5. The van der Waals surface area contributed by atoms with E-state index >= 15 is 0 Å². The maximum atomic E-state index is 13.0. The Labute approximate surface area is 177 Å². The van der Waals surface area contributed by atoms with E-state index in [-0.39, 0.29) is 17.6 Å².